The predicted octanol–water partition coefficient (Wildman–Crippen LogP) is 4.22. The lowest BCUT2D eigenvalue weighted by molar-refractivity contribution is -0.131. The van der Waals surface area contributed by atoms with Crippen molar-refractivity contribution in [3.05, 3.63) is 59.7 Å². The monoisotopic (exact) mass is 452 g/mol. The molecule has 0 N–H and O–H groups in total. The van der Waals surface area contributed by atoms with Gasteiger partial charge < -0.3 is 19.3 Å². The minimum atomic E-state index is -0.0161. The Morgan fingerprint density at radius 1 is 0.939 bits per heavy atom. The topological polar surface area (TPSA) is 59.1 Å². The van der Waals surface area contributed by atoms with Gasteiger partial charge in [0.05, 0.1) is 13.7 Å². The summed E-state index contributed by atoms with van der Waals surface area (Å²) in [5.74, 6) is 1.31. The molecule has 6 nitrogen and oxygen atoms in total. The van der Waals surface area contributed by atoms with Gasteiger partial charge in [0.1, 0.15) is 0 Å². The summed E-state index contributed by atoms with van der Waals surface area (Å²) in [5, 5.41) is 0. The first-order valence-corrected chi connectivity index (χ1v) is 11.9. The van der Waals surface area contributed by atoms with Gasteiger partial charge in [0.25, 0.3) is 0 Å². The minimum absolute atomic E-state index is 0.0161. The summed E-state index contributed by atoms with van der Waals surface area (Å²) < 4.78 is 11.1. The number of rotatable bonds is 11. The highest BCUT2D eigenvalue weighted by Gasteiger charge is 2.18. The molecule has 0 radical (unpaired) electrons. The van der Waals surface area contributed by atoms with E-state index >= 15 is 0 Å². The maximum atomic E-state index is 12.7. The molecule has 0 spiro atoms. The van der Waals surface area contributed by atoms with Gasteiger partial charge in [0, 0.05) is 31.6 Å². The molecule has 1 fully saturated rings. The van der Waals surface area contributed by atoms with Crippen molar-refractivity contribution in [2.75, 3.05) is 46.4 Å². The summed E-state index contributed by atoms with van der Waals surface area (Å²) in [6.45, 7) is 6.65. The van der Waals surface area contributed by atoms with Crippen LogP contribution in [0.5, 0.6) is 11.5 Å². The van der Waals surface area contributed by atoms with Crippen molar-refractivity contribution >= 4 is 11.7 Å². The Morgan fingerprint density at radius 3 is 2.52 bits per heavy atom. The molecule has 0 aromatic heterocycles. The number of amides is 1. The van der Waals surface area contributed by atoms with Crippen LogP contribution in [0.1, 0.15) is 48.5 Å². The Hall–Kier alpha value is -2.86. The molecule has 1 heterocycles. The number of carbonyl (C=O) groups is 2. The van der Waals surface area contributed by atoms with Gasteiger partial charge in [0.15, 0.2) is 17.3 Å². The van der Waals surface area contributed by atoms with E-state index in [1.54, 1.807) is 25.3 Å². The molecule has 1 aliphatic rings. The van der Waals surface area contributed by atoms with Gasteiger partial charge in [-0.3, -0.25) is 9.59 Å². The van der Waals surface area contributed by atoms with Gasteiger partial charge in [-0.2, -0.15) is 0 Å². The van der Waals surface area contributed by atoms with Gasteiger partial charge in [0.2, 0.25) is 5.91 Å². The Kier molecular flexibility index (Phi) is 9.76. The first kappa shape index (κ1) is 24.8. The summed E-state index contributed by atoms with van der Waals surface area (Å²) >= 11 is 0. The van der Waals surface area contributed by atoms with Crippen molar-refractivity contribution in [3.8, 4) is 11.5 Å². The lowest BCUT2D eigenvalue weighted by atomic mass is 10.1. The quantitative estimate of drug-likeness (QED) is 0.377. The Morgan fingerprint density at radius 2 is 1.76 bits per heavy atom. The number of nitrogens with zero attached hydrogens (tertiary/aromatic N) is 2. The molecule has 0 bridgehead atoms. The summed E-state index contributed by atoms with van der Waals surface area (Å²) in [4.78, 5) is 28.7. The number of hydrogen-bond donors (Lipinski definition) is 0. The van der Waals surface area contributed by atoms with Crippen LogP contribution in [0.3, 0.4) is 0 Å². The Labute approximate surface area is 197 Å². The molecule has 1 aliphatic heterocycles. The van der Waals surface area contributed by atoms with Crippen LogP contribution >= 0.6 is 0 Å². The third kappa shape index (κ3) is 7.90. The van der Waals surface area contributed by atoms with Crippen LogP contribution in [0.2, 0.25) is 0 Å². The van der Waals surface area contributed by atoms with Gasteiger partial charge >= 0.3 is 0 Å². The molecular weight excluding hydrogens is 416 g/mol. The van der Waals surface area contributed by atoms with Crippen LogP contribution in [-0.4, -0.2) is 67.9 Å². The molecule has 0 unspecified atom stereocenters. The van der Waals surface area contributed by atoms with Gasteiger partial charge in [-0.25, -0.2) is 0 Å². The summed E-state index contributed by atoms with van der Waals surface area (Å²) in [7, 11) is 1.56. The number of Topliss-reactive ketones (excluding diaryl/α,β-unsaturated/α-hetero) is 1. The fourth-order valence-electron chi connectivity index (χ4n) is 4.16. The second-order valence-electron chi connectivity index (χ2n) is 8.54. The molecule has 3 rings (SSSR count). The van der Waals surface area contributed by atoms with Crippen LogP contribution in [0.25, 0.3) is 0 Å². The minimum Gasteiger partial charge on any atom is -0.493 e. The molecule has 178 valence electrons. The molecule has 0 aliphatic carbocycles. The van der Waals surface area contributed by atoms with Crippen molar-refractivity contribution in [3.63, 3.8) is 0 Å². The summed E-state index contributed by atoms with van der Waals surface area (Å²) in [6, 6.07) is 15.8. The van der Waals surface area contributed by atoms with Crippen molar-refractivity contribution in [1.82, 2.24) is 9.80 Å². The molecule has 6 heteroatoms. The Bertz CT molecular complexity index is 900. The number of ketones is 1. The van der Waals surface area contributed by atoms with Crippen LogP contribution in [-0.2, 0) is 11.2 Å². The molecular formula is C27H36N2O4. The zero-order valence-corrected chi connectivity index (χ0v) is 19.9. The average Bonchev–Trinajstić information content (AvgIpc) is 3.08. The average molecular weight is 453 g/mol. The van der Waals surface area contributed by atoms with Crippen molar-refractivity contribution < 1.29 is 19.1 Å². The summed E-state index contributed by atoms with van der Waals surface area (Å²) in [6.07, 6.45) is 4.39. The second-order valence-corrected chi connectivity index (χ2v) is 8.54. The third-order valence-electron chi connectivity index (χ3n) is 6.09. The zero-order chi connectivity index (χ0) is 23.5. The number of carbonyl (C=O) groups excluding carboxylic acids is 2. The molecule has 0 saturated carbocycles. The van der Waals surface area contributed by atoms with Gasteiger partial charge in [-0.05, 0) is 69.5 Å². The van der Waals surface area contributed by atoms with E-state index in [1.807, 2.05) is 4.90 Å². The molecule has 0 atom stereocenters. The second kappa shape index (κ2) is 13.0. The highest BCUT2D eigenvalue weighted by Crippen LogP contribution is 2.28. The van der Waals surface area contributed by atoms with E-state index in [1.165, 1.54) is 12.5 Å². The normalized spacial score (nSPS) is 14.5. The molecule has 1 saturated heterocycles. The van der Waals surface area contributed by atoms with E-state index < -0.39 is 0 Å². The van der Waals surface area contributed by atoms with E-state index in [-0.39, 0.29) is 11.7 Å². The molecule has 2 aromatic rings. The maximum absolute atomic E-state index is 12.7. The lowest BCUT2D eigenvalue weighted by Gasteiger charge is -2.22. The fraction of sp³-hybridized carbons (Fsp3) is 0.481. The van der Waals surface area contributed by atoms with Gasteiger partial charge in [-0.1, -0.05) is 30.3 Å². The van der Waals surface area contributed by atoms with Crippen molar-refractivity contribution in [2.45, 2.75) is 39.0 Å². The number of ether oxygens (including phenoxy) is 2. The van der Waals surface area contributed by atoms with Crippen LogP contribution < -0.4 is 9.47 Å². The fourth-order valence-corrected chi connectivity index (χ4v) is 4.16. The number of benzene rings is 2. The molecule has 2 aromatic carbocycles. The van der Waals surface area contributed by atoms with Crippen LogP contribution in [0, 0.1) is 0 Å². The van der Waals surface area contributed by atoms with Gasteiger partial charge in [-0.15, -0.1) is 0 Å². The van der Waals surface area contributed by atoms with Crippen LogP contribution in [0.4, 0.5) is 0 Å². The van der Waals surface area contributed by atoms with E-state index in [2.05, 4.69) is 35.2 Å². The first-order chi connectivity index (χ1) is 16.1. The number of methoxy groups -OCH3 is 1. The SMILES string of the molecule is COc1cc(C(C)=O)ccc1OCCCC(=O)N1CCCN(CCCc2ccccc2)CC1. The summed E-state index contributed by atoms with van der Waals surface area (Å²) in [5.41, 5.74) is 1.98. The van der Waals surface area contributed by atoms with Crippen LogP contribution in [0.15, 0.2) is 48.5 Å². The maximum Gasteiger partial charge on any atom is 0.222 e. The third-order valence-corrected chi connectivity index (χ3v) is 6.09. The lowest BCUT2D eigenvalue weighted by Crippen LogP contribution is -2.35. The largest absolute Gasteiger partial charge is 0.493 e. The van der Waals surface area contributed by atoms with E-state index in [0.717, 1.165) is 52.0 Å². The first-order valence-electron chi connectivity index (χ1n) is 11.9. The smallest absolute Gasteiger partial charge is 0.222 e. The molecule has 33 heavy (non-hydrogen) atoms. The number of aryl methyl sites for hydroxylation is 1. The zero-order valence-electron chi connectivity index (χ0n) is 19.9. The molecule has 1 amide bonds. The highest BCUT2D eigenvalue weighted by molar-refractivity contribution is 5.94. The van der Waals surface area contributed by atoms with Crippen molar-refractivity contribution in [2.24, 2.45) is 0 Å². The number of hydrogen-bond acceptors (Lipinski definition) is 5. The standard InChI is InChI=1S/C27H36N2O4/c1-22(30)24-13-14-25(26(21-24)32-2)33-20-7-12-27(31)29-17-8-16-28(18-19-29)15-6-11-23-9-4-3-5-10-23/h3-5,9-10,13-14,21H,6-8,11-12,15-20H2,1-2H3. The highest BCUT2D eigenvalue weighted by atomic mass is 16.5. The Balaban J connectivity index is 1.35. The van der Waals surface area contributed by atoms with Crippen molar-refractivity contribution in [1.29, 1.82) is 0 Å². The van der Waals surface area contributed by atoms with E-state index in [0.29, 0.717) is 36.5 Å². The predicted molar refractivity (Wildman–Crippen MR) is 130 cm³/mol. The van der Waals surface area contributed by atoms with E-state index in [4.69, 9.17) is 9.47 Å². The van der Waals surface area contributed by atoms with E-state index in [9.17, 15) is 9.59 Å².